The van der Waals surface area contributed by atoms with Crippen molar-refractivity contribution in [2.24, 2.45) is 0 Å². The van der Waals surface area contributed by atoms with Gasteiger partial charge in [-0.25, -0.2) is 0 Å². The van der Waals surface area contributed by atoms with E-state index in [1.54, 1.807) is 0 Å². The van der Waals surface area contributed by atoms with Gasteiger partial charge in [-0.05, 0) is 32.1 Å². The minimum Gasteiger partial charge on any atom is -0.300 e. The third-order valence-corrected chi connectivity index (χ3v) is 3.03. The number of rotatable bonds is 12. The Hall–Kier alpha value is -0.590. The maximum atomic E-state index is 11.4. The van der Waals surface area contributed by atoms with Crippen LogP contribution in [-0.4, -0.2) is 5.78 Å². The zero-order valence-electron chi connectivity index (χ0n) is 11.8. The fourth-order valence-corrected chi connectivity index (χ4v) is 1.82. The summed E-state index contributed by atoms with van der Waals surface area (Å²) in [5.74, 6) is 0.463. The summed E-state index contributed by atoms with van der Waals surface area (Å²) in [6.45, 7) is 4.36. The maximum absolute atomic E-state index is 11.4. The smallest absolute Gasteiger partial charge is 0.132 e. The van der Waals surface area contributed by atoms with Crippen LogP contribution in [0.4, 0.5) is 0 Å². The van der Waals surface area contributed by atoms with Crippen molar-refractivity contribution in [1.29, 1.82) is 0 Å². The second-order valence-corrected chi connectivity index (χ2v) is 4.86. The van der Waals surface area contributed by atoms with Crippen molar-refractivity contribution in [3.8, 4) is 0 Å². The van der Waals surface area contributed by atoms with Gasteiger partial charge in [-0.3, -0.25) is 4.79 Å². The molecule has 0 fully saturated rings. The summed E-state index contributed by atoms with van der Waals surface area (Å²) in [7, 11) is 0. The van der Waals surface area contributed by atoms with Crippen molar-refractivity contribution in [3.05, 3.63) is 12.2 Å². The Bertz CT molecular complexity index is 194. The predicted octanol–water partition coefficient (Wildman–Crippen LogP) is 5.44. The molecule has 0 aliphatic rings. The fourth-order valence-electron chi connectivity index (χ4n) is 1.82. The van der Waals surface area contributed by atoms with Gasteiger partial charge in [0.25, 0.3) is 0 Å². The van der Waals surface area contributed by atoms with Crippen LogP contribution in [0.3, 0.4) is 0 Å². The van der Waals surface area contributed by atoms with Crippen LogP contribution in [0.1, 0.15) is 84.5 Å². The third kappa shape index (κ3) is 13.3. The summed E-state index contributed by atoms with van der Waals surface area (Å²) in [5.41, 5.74) is 0. The molecular formula is C16H30O. The van der Waals surface area contributed by atoms with Crippen LogP contribution < -0.4 is 0 Å². The number of Topliss-reactive ketones (excluding diaryl/α,β-unsaturated/α-hetero) is 1. The van der Waals surface area contributed by atoms with Gasteiger partial charge in [0.15, 0.2) is 0 Å². The molecule has 1 nitrogen and oxygen atoms in total. The molecule has 0 aromatic heterocycles. The number of carbonyl (C=O) groups is 1. The lowest BCUT2D eigenvalue weighted by Crippen LogP contribution is -1.96. The highest BCUT2D eigenvalue weighted by Crippen LogP contribution is 2.07. The molecule has 0 aromatic rings. The monoisotopic (exact) mass is 238 g/mol. The Morgan fingerprint density at radius 1 is 0.765 bits per heavy atom. The largest absolute Gasteiger partial charge is 0.300 e. The molecule has 0 bridgehead atoms. The van der Waals surface area contributed by atoms with E-state index in [2.05, 4.69) is 26.0 Å². The van der Waals surface area contributed by atoms with Crippen LogP contribution in [-0.2, 0) is 4.79 Å². The van der Waals surface area contributed by atoms with E-state index in [1.807, 2.05) is 0 Å². The number of hydrogen-bond acceptors (Lipinski definition) is 1. The third-order valence-electron chi connectivity index (χ3n) is 3.03. The molecule has 0 radical (unpaired) electrons. The van der Waals surface area contributed by atoms with E-state index in [4.69, 9.17) is 0 Å². The molecule has 0 aromatic carbocycles. The zero-order valence-corrected chi connectivity index (χ0v) is 11.8. The zero-order chi connectivity index (χ0) is 12.8. The first-order valence-electron chi connectivity index (χ1n) is 7.48. The van der Waals surface area contributed by atoms with Gasteiger partial charge in [0, 0.05) is 12.8 Å². The second-order valence-electron chi connectivity index (χ2n) is 4.86. The van der Waals surface area contributed by atoms with E-state index in [0.717, 1.165) is 32.1 Å². The molecular weight excluding hydrogens is 208 g/mol. The SMILES string of the molecule is CCCC/C=C/CCCCCC(=O)CCCC. The van der Waals surface area contributed by atoms with Crippen LogP contribution in [0.25, 0.3) is 0 Å². The highest BCUT2D eigenvalue weighted by atomic mass is 16.1. The molecule has 100 valence electrons. The van der Waals surface area contributed by atoms with Gasteiger partial charge in [0.2, 0.25) is 0 Å². The van der Waals surface area contributed by atoms with E-state index in [9.17, 15) is 4.79 Å². The molecule has 17 heavy (non-hydrogen) atoms. The van der Waals surface area contributed by atoms with Gasteiger partial charge in [-0.1, -0.05) is 51.7 Å². The molecule has 0 saturated carbocycles. The summed E-state index contributed by atoms with van der Waals surface area (Å²) in [6.07, 6.45) is 16.9. The lowest BCUT2D eigenvalue weighted by atomic mass is 10.1. The first-order valence-corrected chi connectivity index (χ1v) is 7.48. The van der Waals surface area contributed by atoms with E-state index >= 15 is 0 Å². The van der Waals surface area contributed by atoms with Gasteiger partial charge in [0.1, 0.15) is 5.78 Å². The highest BCUT2D eigenvalue weighted by molar-refractivity contribution is 5.78. The average Bonchev–Trinajstić information content (AvgIpc) is 2.34. The van der Waals surface area contributed by atoms with Crippen molar-refractivity contribution in [3.63, 3.8) is 0 Å². The Labute approximate surface area is 108 Å². The molecule has 1 heteroatoms. The molecule has 0 saturated heterocycles. The van der Waals surface area contributed by atoms with Crippen molar-refractivity contribution in [2.45, 2.75) is 84.5 Å². The summed E-state index contributed by atoms with van der Waals surface area (Å²) in [6, 6.07) is 0. The standard InChI is InChI=1S/C16H30O/c1-3-5-7-8-9-10-11-12-13-15-16(17)14-6-4-2/h8-9H,3-7,10-15H2,1-2H3/b9-8+. The topological polar surface area (TPSA) is 17.1 Å². The summed E-state index contributed by atoms with van der Waals surface area (Å²) < 4.78 is 0. The molecule has 0 atom stereocenters. The Morgan fingerprint density at radius 3 is 2.00 bits per heavy atom. The van der Waals surface area contributed by atoms with Crippen molar-refractivity contribution in [1.82, 2.24) is 0 Å². The quantitative estimate of drug-likeness (QED) is 0.327. The second kappa shape index (κ2) is 13.5. The molecule has 0 spiro atoms. The average molecular weight is 238 g/mol. The van der Waals surface area contributed by atoms with Gasteiger partial charge >= 0.3 is 0 Å². The van der Waals surface area contributed by atoms with Gasteiger partial charge in [-0.15, -0.1) is 0 Å². The lowest BCUT2D eigenvalue weighted by molar-refractivity contribution is -0.119. The number of carbonyl (C=O) groups excluding carboxylic acids is 1. The minimum atomic E-state index is 0.463. The number of unbranched alkanes of at least 4 members (excludes halogenated alkanes) is 6. The van der Waals surface area contributed by atoms with Crippen LogP contribution in [0.5, 0.6) is 0 Å². The lowest BCUT2D eigenvalue weighted by Gasteiger charge is -1.99. The van der Waals surface area contributed by atoms with E-state index in [1.165, 1.54) is 38.5 Å². The fraction of sp³-hybridized carbons (Fsp3) is 0.812. The summed E-state index contributed by atoms with van der Waals surface area (Å²) in [4.78, 5) is 11.4. The molecule has 0 unspecified atom stereocenters. The first kappa shape index (κ1) is 16.4. The highest BCUT2D eigenvalue weighted by Gasteiger charge is 1.99. The van der Waals surface area contributed by atoms with Gasteiger partial charge in [-0.2, -0.15) is 0 Å². The first-order chi connectivity index (χ1) is 8.31. The van der Waals surface area contributed by atoms with Gasteiger partial charge in [0.05, 0.1) is 0 Å². The van der Waals surface area contributed by atoms with Crippen LogP contribution in [0, 0.1) is 0 Å². The van der Waals surface area contributed by atoms with Crippen molar-refractivity contribution >= 4 is 5.78 Å². The maximum Gasteiger partial charge on any atom is 0.132 e. The Balaban J connectivity index is 3.17. The molecule has 0 rings (SSSR count). The normalized spacial score (nSPS) is 11.2. The van der Waals surface area contributed by atoms with Crippen molar-refractivity contribution in [2.75, 3.05) is 0 Å². The number of hydrogen-bond donors (Lipinski definition) is 0. The Morgan fingerprint density at radius 2 is 1.35 bits per heavy atom. The van der Waals surface area contributed by atoms with E-state index in [-0.39, 0.29) is 0 Å². The minimum absolute atomic E-state index is 0.463. The van der Waals surface area contributed by atoms with Crippen LogP contribution in [0.15, 0.2) is 12.2 Å². The number of allylic oxidation sites excluding steroid dienone is 2. The van der Waals surface area contributed by atoms with Crippen LogP contribution >= 0.6 is 0 Å². The predicted molar refractivity (Wildman–Crippen MR) is 76.3 cm³/mol. The van der Waals surface area contributed by atoms with Gasteiger partial charge < -0.3 is 0 Å². The summed E-state index contributed by atoms with van der Waals surface area (Å²) >= 11 is 0. The molecule has 0 heterocycles. The molecule has 0 aliphatic carbocycles. The summed E-state index contributed by atoms with van der Waals surface area (Å²) in [5, 5.41) is 0. The number of ketones is 1. The van der Waals surface area contributed by atoms with Crippen LogP contribution in [0.2, 0.25) is 0 Å². The molecule has 0 amide bonds. The molecule has 0 N–H and O–H groups in total. The van der Waals surface area contributed by atoms with Crippen molar-refractivity contribution < 1.29 is 4.79 Å². The Kier molecular flexibility index (Phi) is 13.0. The molecule has 0 aliphatic heterocycles. The van der Waals surface area contributed by atoms with E-state index in [0.29, 0.717) is 5.78 Å². The van der Waals surface area contributed by atoms with E-state index < -0.39 is 0 Å².